The minimum Gasteiger partial charge on any atom is -0.381 e. The topological polar surface area (TPSA) is 41.7 Å². The molecule has 0 aromatic carbocycles. The van der Waals surface area contributed by atoms with Gasteiger partial charge < -0.3 is 15.4 Å². The van der Waals surface area contributed by atoms with E-state index in [1.54, 1.807) is 0 Å². The lowest BCUT2D eigenvalue weighted by molar-refractivity contribution is -0.0424. The molecule has 2 heterocycles. The van der Waals surface area contributed by atoms with Gasteiger partial charge in [0.25, 0.3) is 0 Å². The van der Waals surface area contributed by atoms with Crippen LogP contribution in [0.4, 0.5) is 0 Å². The Hall–Kier alpha value is -0.160. The fourth-order valence-corrected chi connectivity index (χ4v) is 2.37. The third kappa shape index (κ3) is 2.91. The second-order valence-electron chi connectivity index (χ2n) is 4.88. The first-order valence-corrected chi connectivity index (χ1v) is 6.00. The molecule has 2 N–H and O–H groups in total. The summed E-state index contributed by atoms with van der Waals surface area (Å²) in [6.45, 7) is 7.40. The molecule has 4 heteroatoms. The summed E-state index contributed by atoms with van der Waals surface area (Å²) >= 11 is 0. The monoisotopic (exact) mass is 213 g/mol. The van der Waals surface area contributed by atoms with Crippen LogP contribution in [-0.4, -0.2) is 68.8 Å². The van der Waals surface area contributed by atoms with Crippen LogP contribution in [0, 0.1) is 5.92 Å². The third-order valence-corrected chi connectivity index (χ3v) is 3.61. The van der Waals surface area contributed by atoms with E-state index in [0.717, 1.165) is 32.2 Å². The summed E-state index contributed by atoms with van der Waals surface area (Å²) in [5, 5.41) is 0. The van der Waals surface area contributed by atoms with Gasteiger partial charge in [0, 0.05) is 38.1 Å². The maximum atomic E-state index is 5.82. The molecular formula is C11H23N3O. The summed E-state index contributed by atoms with van der Waals surface area (Å²) in [6.07, 6.45) is 1.28. The lowest BCUT2D eigenvalue weighted by Crippen LogP contribution is -2.55. The first kappa shape index (κ1) is 11.3. The van der Waals surface area contributed by atoms with Crippen molar-refractivity contribution < 1.29 is 4.74 Å². The van der Waals surface area contributed by atoms with E-state index >= 15 is 0 Å². The molecular weight excluding hydrogens is 190 g/mol. The standard InChI is InChI=1S/C11H23N3O/c1-13-4-5-14(11(6-12)7-13)3-2-10-8-15-9-10/h10-11H,2-9,12H2,1H3. The molecule has 88 valence electrons. The molecule has 0 aliphatic carbocycles. The van der Waals surface area contributed by atoms with E-state index in [0.29, 0.717) is 6.04 Å². The molecule has 1 unspecified atom stereocenters. The van der Waals surface area contributed by atoms with Gasteiger partial charge in [-0.05, 0) is 20.0 Å². The second kappa shape index (κ2) is 5.25. The van der Waals surface area contributed by atoms with Crippen molar-refractivity contribution in [2.24, 2.45) is 11.7 Å². The summed E-state index contributed by atoms with van der Waals surface area (Å²) in [6, 6.07) is 0.560. The van der Waals surface area contributed by atoms with E-state index < -0.39 is 0 Å². The zero-order chi connectivity index (χ0) is 10.7. The van der Waals surface area contributed by atoms with E-state index in [2.05, 4.69) is 16.8 Å². The number of likely N-dealkylation sites (N-methyl/N-ethyl adjacent to an activating group) is 1. The molecule has 0 spiro atoms. The SMILES string of the molecule is CN1CCN(CCC2COC2)C(CN)C1. The molecule has 1 atom stereocenters. The van der Waals surface area contributed by atoms with E-state index in [9.17, 15) is 0 Å². The van der Waals surface area contributed by atoms with Crippen LogP contribution < -0.4 is 5.73 Å². The fourth-order valence-electron chi connectivity index (χ4n) is 2.37. The predicted molar refractivity (Wildman–Crippen MR) is 60.8 cm³/mol. The number of ether oxygens (including phenoxy) is 1. The highest BCUT2D eigenvalue weighted by atomic mass is 16.5. The zero-order valence-corrected chi connectivity index (χ0v) is 9.69. The number of rotatable bonds is 4. The summed E-state index contributed by atoms with van der Waals surface area (Å²) in [7, 11) is 2.18. The molecule has 2 saturated heterocycles. The van der Waals surface area contributed by atoms with Gasteiger partial charge in [0.1, 0.15) is 0 Å². The molecule has 2 rings (SSSR count). The van der Waals surface area contributed by atoms with E-state index in [4.69, 9.17) is 10.5 Å². The molecule has 2 fully saturated rings. The summed E-state index contributed by atoms with van der Waals surface area (Å²) in [5.74, 6) is 0.808. The Bertz CT molecular complexity index is 196. The highest BCUT2D eigenvalue weighted by molar-refractivity contribution is 4.82. The lowest BCUT2D eigenvalue weighted by atomic mass is 10.0. The van der Waals surface area contributed by atoms with Gasteiger partial charge >= 0.3 is 0 Å². The van der Waals surface area contributed by atoms with Crippen LogP contribution in [0.25, 0.3) is 0 Å². The summed E-state index contributed by atoms with van der Waals surface area (Å²) in [5.41, 5.74) is 5.82. The zero-order valence-electron chi connectivity index (χ0n) is 9.69. The quantitative estimate of drug-likeness (QED) is 0.690. The molecule has 0 amide bonds. The first-order valence-electron chi connectivity index (χ1n) is 6.00. The fraction of sp³-hybridized carbons (Fsp3) is 1.00. The van der Waals surface area contributed by atoms with Gasteiger partial charge in [0.15, 0.2) is 0 Å². The smallest absolute Gasteiger partial charge is 0.0516 e. The van der Waals surface area contributed by atoms with Crippen molar-refractivity contribution in [2.75, 3.05) is 53.0 Å². The Kier molecular flexibility index (Phi) is 3.97. The van der Waals surface area contributed by atoms with Gasteiger partial charge in [0.05, 0.1) is 13.2 Å². The van der Waals surface area contributed by atoms with Gasteiger partial charge in [-0.2, -0.15) is 0 Å². The van der Waals surface area contributed by atoms with Gasteiger partial charge in [0.2, 0.25) is 0 Å². The second-order valence-corrected chi connectivity index (χ2v) is 4.88. The molecule has 0 aromatic rings. The molecule has 0 aromatic heterocycles. The van der Waals surface area contributed by atoms with Crippen LogP contribution in [0.2, 0.25) is 0 Å². The predicted octanol–water partition coefficient (Wildman–Crippen LogP) is -0.402. The molecule has 0 bridgehead atoms. The molecule has 0 radical (unpaired) electrons. The van der Waals surface area contributed by atoms with Crippen molar-refractivity contribution in [3.05, 3.63) is 0 Å². The van der Waals surface area contributed by atoms with Crippen molar-refractivity contribution in [3.63, 3.8) is 0 Å². The van der Waals surface area contributed by atoms with Crippen LogP contribution >= 0.6 is 0 Å². The van der Waals surface area contributed by atoms with Crippen molar-refractivity contribution in [2.45, 2.75) is 12.5 Å². The number of nitrogens with two attached hydrogens (primary N) is 1. The highest BCUT2D eigenvalue weighted by Crippen LogP contribution is 2.16. The first-order chi connectivity index (χ1) is 7.29. The van der Waals surface area contributed by atoms with Crippen LogP contribution in [0.15, 0.2) is 0 Å². The van der Waals surface area contributed by atoms with Gasteiger partial charge in [-0.25, -0.2) is 0 Å². The maximum absolute atomic E-state index is 5.82. The number of hydrogen-bond donors (Lipinski definition) is 1. The highest BCUT2D eigenvalue weighted by Gasteiger charge is 2.26. The molecule has 4 nitrogen and oxygen atoms in total. The van der Waals surface area contributed by atoms with Crippen LogP contribution in [0.3, 0.4) is 0 Å². The Morgan fingerprint density at radius 3 is 2.73 bits per heavy atom. The van der Waals surface area contributed by atoms with Crippen molar-refractivity contribution in [1.29, 1.82) is 0 Å². The van der Waals surface area contributed by atoms with Gasteiger partial charge in [-0.3, -0.25) is 4.90 Å². The lowest BCUT2D eigenvalue weighted by Gasteiger charge is -2.40. The molecule has 0 saturated carbocycles. The number of hydrogen-bond acceptors (Lipinski definition) is 4. The largest absolute Gasteiger partial charge is 0.381 e. The van der Waals surface area contributed by atoms with E-state index in [1.807, 2.05) is 0 Å². The van der Waals surface area contributed by atoms with Crippen molar-refractivity contribution in [1.82, 2.24) is 9.80 Å². The Balaban J connectivity index is 1.73. The summed E-state index contributed by atoms with van der Waals surface area (Å²) in [4.78, 5) is 4.93. The molecule has 2 aliphatic heterocycles. The Morgan fingerprint density at radius 2 is 2.13 bits per heavy atom. The van der Waals surface area contributed by atoms with Crippen LogP contribution in [-0.2, 0) is 4.74 Å². The van der Waals surface area contributed by atoms with Gasteiger partial charge in [-0.15, -0.1) is 0 Å². The average molecular weight is 213 g/mol. The number of piperazine rings is 1. The maximum Gasteiger partial charge on any atom is 0.0516 e. The van der Waals surface area contributed by atoms with Crippen LogP contribution in [0.5, 0.6) is 0 Å². The normalized spacial score (nSPS) is 30.4. The minimum atomic E-state index is 0.560. The third-order valence-electron chi connectivity index (χ3n) is 3.61. The summed E-state index contributed by atoms with van der Waals surface area (Å²) < 4.78 is 5.19. The van der Waals surface area contributed by atoms with Crippen molar-refractivity contribution >= 4 is 0 Å². The molecule has 15 heavy (non-hydrogen) atoms. The molecule has 2 aliphatic rings. The van der Waals surface area contributed by atoms with E-state index in [-0.39, 0.29) is 0 Å². The van der Waals surface area contributed by atoms with E-state index in [1.165, 1.54) is 26.1 Å². The minimum absolute atomic E-state index is 0.560. The Labute approximate surface area is 92.4 Å². The average Bonchev–Trinajstić information content (AvgIpc) is 2.17. The Morgan fingerprint density at radius 1 is 1.33 bits per heavy atom. The van der Waals surface area contributed by atoms with Gasteiger partial charge in [-0.1, -0.05) is 0 Å². The van der Waals surface area contributed by atoms with Crippen molar-refractivity contribution in [3.8, 4) is 0 Å². The number of nitrogens with zero attached hydrogens (tertiary/aromatic N) is 2. The van der Waals surface area contributed by atoms with Crippen LogP contribution in [0.1, 0.15) is 6.42 Å².